The number of hydrogen-bond donors (Lipinski definition) is 0. The summed E-state index contributed by atoms with van der Waals surface area (Å²) in [5.41, 5.74) is 2.42. The van der Waals surface area contributed by atoms with Gasteiger partial charge in [-0.05, 0) is 12.1 Å². The molecule has 1 nitrogen and oxygen atoms in total. The molecular weight excluding hydrogens is 189 g/mol. The van der Waals surface area contributed by atoms with Crippen molar-refractivity contribution in [3.63, 3.8) is 0 Å². The maximum absolute atomic E-state index is 4.20. The van der Waals surface area contributed by atoms with Gasteiger partial charge < -0.3 is 4.90 Å². The summed E-state index contributed by atoms with van der Waals surface area (Å²) in [6.07, 6.45) is 5.12. The molecule has 1 saturated carbocycles. The monoisotopic (exact) mass is 207 g/mol. The first-order chi connectivity index (χ1) is 7.29. The molecule has 0 aliphatic heterocycles. The summed E-state index contributed by atoms with van der Waals surface area (Å²) in [6.45, 7) is 4.20. The van der Waals surface area contributed by atoms with Crippen LogP contribution in [0.15, 0.2) is 42.6 Å². The van der Waals surface area contributed by atoms with Crippen molar-refractivity contribution in [3.8, 4) is 0 Å². The van der Waals surface area contributed by atoms with E-state index < -0.39 is 0 Å². The second-order valence-electron chi connectivity index (χ2n) is 4.15. The number of rotatable bonds is 3. The minimum Gasteiger partial charge on any atom is -0.379 e. The van der Waals surface area contributed by atoms with Crippen LogP contribution in [0.2, 0.25) is 0 Å². The van der Waals surface area contributed by atoms with Gasteiger partial charge in [-0.3, -0.25) is 0 Å². The molecule has 0 heterocycles. The maximum Gasteiger partial charge on any atom is 1.00 e. The molecule has 2 heteroatoms. The fraction of sp³-hybridized carbons (Fsp3) is 0.357. The van der Waals surface area contributed by atoms with Crippen molar-refractivity contribution in [2.24, 2.45) is 0 Å². The van der Waals surface area contributed by atoms with Crippen LogP contribution in [0.3, 0.4) is 0 Å². The third kappa shape index (κ3) is 2.87. The van der Waals surface area contributed by atoms with Gasteiger partial charge in [0, 0.05) is 12.7 Å². The van der Waals surface area contributed by atoms with Crippen LogP contribution in [0.25, 0.3) is 0 Å². The van der Waals surface area contributed by atoms with Gasteiger partial charge in [0.15, 0.2) is 0 Å². The Bertz CT molecular complexity index is 328. The molecule has 0 bridgehead atoms. The van der Waals surface area contributed by atoms with E-state index >= 15 is 0 Å². The number of benzene rings is 1. The molecule has 1 aliphatic rings. The smallest absolute Gasteiger partial charge is 0.379 e. The van der Waals surface area contributed by atoms with Crippen molar-refractivity contribution in [1.82, 2.24) is 0 Å². The molecule has 0 N–H and O–H groups in total. The Morgan fingerprint density at radius 1 is 1.19 bits per heavy atom. The second-order valence-corrected chi connectivity index (χ2v) is 4.15. The summed E-state index contributed by atoms with van der Waals surface area (Å²) >= 11 is 0. The molecule has 0 aromatic heterocycles. The number of para-hydroxylation sites is 1. The Labute approximate surface area is 111 Å². The standard InChI is InChI=1S/C14H18N.Li/c1-12(13-8-6-7-9-13)15(2)14-10-4-3-5-11-14;/h3-5,10-11H,1,6-9H2,2H3;/q-1;+1. The molecule has 0 saturated heterocycles. The van der Waals surface area contributed by atoms with E-state index in [0.29, 0.717) is 0 Å². The van der Waals surface area contributed by atoms with E-state index in [2.05, 4.69) is 42.8 Å². The first-order valence-electron chi connectivity index (χ1n) is 5.62. The third-order valence-electron chi connectivity index (χ3n) is 3.16. The minimum atomic E-state index is 0. The van der Waals surface area contributed by atoms with Gasteiger partial charge in [0.1, 0.15) is 0 Å². The average molecular weight is 207 g/mol. The molecule has 0 radical (unpaired) electrons. The molecule has 80 valence electrons. The van der Waals surface area contributed by atoms with Crippen LogP contribution in [0.1, 0.15) is 25.7 Å². The molecule has 2 rings (SSSR count). The summed E-state index contributed by atoms with van der Waals surface area (Å²) in [5, 5.41) is 0. The van der Waals surface area contributed by atoms with Gasteiger partial charge in [-0.1, -0.05) is 43.9 Å². The van der Waals surface area contributed by atoms with Crippen molar-refractivity contribution in [2.75, 3.05) is 11.9 Å². The fourth-order valence-electron chi connectivity index (χ4n) is 2.13. The Morgan fingerprint density at radius 2 is 1.75 bits per heavy atom. The van der Waals surface area contributed by atoms with E-state index in [1.807, 2.05) is 6.07 Å². The van der Waals surface area contributed by atoms with Gasteiger partial charge >= 0.3 is 18.9 Å². The topological polar surface area (TPSA) is 3.24 Å². The Morgan fingerprint density at radius 3 is 2.31 bits per heavy atom. The third-order valence-corrected chi connectivity index (χ3v) is 3.16. The van der Waals surface area contributed by atoms with Crippen molar-refractivity contribution >= 4 is 5.69 Å². The van der Waals surface area contributed by atoms with E-state index in [0.717, 1.165) is 0 Å². The van der Waals surface area contributed by atoms with E-state index in [9.17, 15) is 0 Å². The fourth-order valence-corrected chi connectivity index (χ4v) is 2.13. The van der Waals surface area contributed by atoms with Gasteiger partial charge in [0.25, 0.3) is 0 Å². The summed E-state index contributed by atoms with van der Waals surface area (Å²) in [5.74, 6) is 1.53. The molecular formula is C14H18LiN. The predicted octanol–water partition coefficient (Wildman–Crippen LogP) is 0.789. The largest absolute Gasteiger partial charge is 1.00 e. The van der Waals surface area contributed by atoms with Gasteiger partial charge in [0.05, 0.1) is 0 Å². The van der Waals surface area contributed by atoms with Crippen LogP contribution in [0.5, 0.6) is 0 Å². The first-order valence-corrected chi connectivity index (χ1v) is 5.62. The van der Waals surface area contributed by atoms with Crippen LogP contribution in [0, 0.1) is 5.92 Å². The van der Waals surface area contributed by atoms with Crippen molar-refractivity contribution in [2.45, 2.75) is 25.7 Å². The van der Waals surface area contributed by atoms with E-state index in [1.165, 1.54) is 43.0 Å². The summed E-state index contributed by atoms with van der Waals surface area (Å²) in [6, 6.07) is 10.4. The Balaban J connectivity index is 0.00000128. The number of hydrogen-bond acceptors (Lipinski definition) is 1. The van der Waals surface area contributed by atoms with Crippen LogP contribution in [0.4, 0.5) is 5.69 Å². The van der Waals surface area contributed by atoms with Crippen molar-refractivity contribution < 1.29 is 18.9 Å². The molecule has 16 heavy (non-hydrogen) atoms. The van der Waals surface area contributed by atoms with Gasteiger partial charge in [-0.25, -0.2) is 6.58 Å². The van der Waals surface area contributed by atoms with Crippen molar-refractivity contribution in [3.05, 3.63) is 48.5 Å². The van der Waals surface area contributed by atoms with Gasteiger partial charge in [-0.2, -0.15) is 5.92 Å². The van der Waals surface area contributed by atoms with Crippen LogP contribution < -0.4 is 23.8 Å². The normalized spacial score (nSPS) is 14.4. The van der Waals surface area contributed by atoms with Gasteiger partial charge in [-0.15, -0.1) is 5.70 Å². The predicted molar refractivity (Wildman–Crippen MR) is 65.7 cm³/mol. The molecule has 1 aliphatic carbocycles. The van der Waals surface area contributed by atoms with Crippen LogP contribution in [-0.4, -0.2) is 7.05 Å². The molecule has 1 aromatic carbocycles. The first kappa shape index (κ1) is 13.3. The van der Waals surface area contributed by atoms with Crippen molar-refractivity contribution in [1.29, 1.82) is 0 Å². The van der Waals surface area contributed by atoms with Crippen LogP contribution >= 0.6 is 0 Å². The Kier molecular flexibility index (Phi) is 5.05. The molecule has 1 fully saturated rings. The Hall–Kier alpha value is -0.773. The molecule has 1 aromatic rings. The SMILES string of the molecule is C=C([C-]1CCCC1)N(C)c1ccccc1.[Li+]. The number of nitrogens with zero attached hydrogens (tertiary/aromatic N) is 1. The molecule has 0 unspecified atom stereocenters. The summed E-state index contributed by atoms with van der Waals surface area (Å²) in [7, 11) is 2.10. The zero-order valence-electron chi connectivity index (χ0n) is 10.4. The second kappa shape index (κ2) is 6.08. The number of anilines is 1. The van der Waals surface area contributed by atoms with E-state index in [1.54, 1.807) is 0 Å². The summed E-state index contributed by atoms with van der Waals surface area (Å²) in [4.78, 5) is 2.20. The number of allylic oxidation sites excluding steroid dienone is 1. The quantitative estimate of drug-likeness (QED) is 0.523. The van der Waals surface area contributed by atoms with Gasteiger partial charge in [0.2, 0.25) is 0 Å². The molecule has 0 amide bonds. The zero-order chi connectivity index (χ0) is 10.7. The molecule has 0 atom stereocenters. The molecule has 0 spiro atoms. The average Bonchev–Trinajstić information content (AvgIpc) is 2.82. The van der Waals surface area contributed by atoms with E-state index in [4.69, 9.17) is 0 Å². The van der Waals surface area contributed by atoms with Crippen LogP contribution in [-0.2, 0) is 0 Å². The maximum atomic E-state index is 4.20. The minimum absolute atomic E-state index is 0. The zero-order valence-corrected chi connectivity index (χ0v) is 10.4. The summed E-state index contributed by atoms with van der Waals surface area (Å²) < 4.78 is 0. The van der Waals surface area contributed by atoms with E-state index in [-0.39, 0.29) is 18.9 Å².